The van der Waals surface area contributed by atoms with Gasteiger partial charge in [0.15, 0.2) is 0 Å². The summed E-state index contributed by atoms with van der Waals surface area (Å²) in [5.74, 6) is 0. The van der Waals surface area contributed by atoms with Crippen LogP contribution in [0.25, 0.3) is 0 Å². The molecule has 2 aromatic rings. The molecule has 3 heteroatoms. The molecule has 0 saturated carbocycles. The normalized spacial score (nSPS) is 12.2. The summed E-state index contributed by atoms with van der Waals surface area (Å²) in [6.45, 7) is 4.71. The molecular weight excluding hydrogens is 222 g/mol. The van der Waals surface area contributed by atoms with Crippen molar-refractivity contribution in [2.45, 2.75) is 19.9 Å². The molecule has 94 valence electrons. The number of pyridine rings is 1. The van der Waals surface area contributed by atoms with Crippen LogP contribution in [0.3, 0.4) is 0 Å². The lowest BCUT2D eigenvalue weighted by atomic mass is 10.1. The van der Waals surface area contributed by atoms with Crippen molar-refractivity contribution in [3.05, 3.63) is 59.4 Å². The van der Waals surface area contributed by atoms with Gasteiger partial charge in [-0.05, 0) is 37.6 Å². The number of nitrogens with one attached hydrogen (secondary N) is 1. The minimum absolute atomic E-state index is 0.0487. The lowest BCUT2D eigenvalue weighted by Crippen LogP contribution is -2.21. The third-order valence-corrected chi connectivity index (χ3v) is 2.99. The van der Waals surface area contributed by atoms with Crippen LogP contribution in [0.15, 0.2) is 42.6 Å². The van der Waals surface area contributed by atoms with E-state index in [-0.39, 0.29) is 6.04 Å². The minimum atomic E-state index is 0.0487. The Balaban J connectivity index is 2.21. The molecule has 1 aromatic heterocycles. The van der Waals surface area contributed by atoms with Crippen LogP contribution in [0.1, 0.15) is 22.9 Å². The molecule has 3 N–H and O–H groups in total. The van der Waals surface area contributed by atoms with Crippen LogP contribution in [0.5, 0.6) is 0 Å². The summed E-state index contributed by atoms with van der Waals surface area (Å²) >= 11 is 0. The van der Waals surface area contributed by atoms with Gasteiger partial charge in [-0.2, -0.15) is 0 Å². The van der Waals surface area contributed by atoms with Gasteiger partial charge in [-0.3, -0.25) is 4.98 Å². The van der Waals surface area contributed by atoms with Crippen LogP contribution in [0, 0.1) is 13.8 Å². The van der Waals surface area contributed by atoms with E-state index in [0.29, 0.717) is 6.54 Å². The van der Waals surface area contributed by atoms with E-state index in [2.05, 4.69) is 42.3 Å². The molecule has 0 amide bonds. The molecule has 0 fully saturated rings. The maximum absolute atomic E-state index is 5.83. The van der Waals surface area contributed by atoms with Crippen LogP contribution in [-0.4, -0.2) is 11.5 Å². The highest BCUT2D eigenvalue weighted by molar-refractivity contribution is 5.53. The van der Waals surface area contributed by atoms with Gasteiger partial charge in [0.25, 0.3) is 0 Å². The number of nitrogens with zero attached hydrogens (tertiary/aromatic N) is 1. The summed E-state index contributed by atoms with van der Waals surface area (Å²) in [6, 6.07) is 12.3. The molecule has 1 atom stereocenters. The third-order valence-electron chi connectivity index (χ3n) is 2.99. The molecule has 0 aliphatic heterocycles. The summed E-state index contributed by atoms with van der Waals surface area (Å²) in [4.78, 5) is 4.35. The van der Waals surface area contributed by atoms with Crippen molar-refractivity contribution in [1.29, 1.82) is 0 Å². The molecule has 0 radical (unpaired) electrons. The summed E-state index contributed by atoms with van der Waals surface area (Å²) in [7, 11) is 0. The van der Waals surface area contributed by atoms with E-state index in [1.165, 1.54) is 11.1 Å². The SMILES string of the molecule is Cc1ccc(NC(CN)c2ccccn2)c(C)c1. The van der Waals surface area contributed by atoms with E-state index in [0.717, 1.165) is 11.4 Å². The second-order valence-electron chi connectivity index (χ2n) is 4.51. The fourth-order valence-electron chi connectivity index (χ4n) is 2.00. The highest BCUT2D eigenvalue weighted by Gasteiger charge is 2.11. The Morgan fingerprint density at radius 1 is 1.22 bits per heavy atom. The zero-order valence-corrected chi connectivity index (χ0v) is 10.9. The van der Waals surface area contributed by atoms with Crippen LogP contribution < -0.4 is 11.1 Å². The fraction of sp³-hybridized carbons (Fsp3) is 0.267. The molecule has 0 aliphatic rings. The fourth-order valence-corrected chi connectivity index (χ4v) is 2.00. The van der Waals surface area contributed by atoms with E-state index in [9.17, 15) is 0 Å². The first kappa shape index (κ1) is 12.6. The van der Waals surface area contributed by atoms with E-state index in [1.54, 1.807) is 6.20 Å². The predicted octanol–water partition coefficient (Wildman–Crippen LogP) is 2.81. The number of nitrogens with two attached hydrogens (primary N) is 1. The van der Waals surface area contributed by atoms with Crippen LogP contribution in [0.4, 0.5) is 5.69 Å². The third kappa shape index (κ3) is 2.87. The Morgan fingerprint density at radius 2 is 2.06 bits per heavy atom. The molecule has 1 unspecified atom stereocenters. The first-order valence-corrected chi connectivity index (χ1v) is 6.15. The molecule has 0 bridgehead atoms. The van der Waals surface area contributed by atoms with E-state index in [4.69, 9.17) is 5.73 Å². The summed E-state index contributed by atoms with van der Waals surface area (Å²) in [5.41, 5.74) is 10.4. The van der Waals surface area contributed by atoms with E-state index >= 15 is 0 Å². The Morgan fingerprint density at radius 3 is 2.67 bits per heavy atom. The monoisotopic (exact) mass is 241 g/mol. The number of benzene rings is 1. The van der Waals surface area contributed by atoms with Crippen molar-refractivity contribution >= 4 is 5.69 Å². The zero-order valence-electron chi connectivity index (χ0n) is 10.9. The van der Waals surface area contributed by atoms with Crippen molar-refractivity contribution in [3.8, 4) is 0 Å². The molecule has 1 heterocycles. The van der Waals surface area contributed by atoms with Gasteiger partial charge in [-0.15, -0.1) is 0 Å². The van der Waals surface area contributed by atoms with Gasteiger partial charge in [0, 0.05) is 18.4 Å². The molecule has 1 aromatic carbocycles. The summed E-state index contributed by atoms with van der Waals surface area (Å²) in [5, 5.41) is 3.45. The van der Waals surface area contributed by atoms with Crippen molar-refractivity contribution in [3.63, 3.8) is 0 Å². The van der Waals surface area contributed by atoms with E-state index < -0.39 is 0 Å². The number of rotatable bonds is 4. The predicted molar refractivity (Wildman–Crippen MR) is 75.6 cm³/mol. The number of hydrogen-bond acceptors (Lipinski definition) is 3. The quantitative estimate of drug-likeness (QED) is 0.865. The maximum Gasteiger partial charge on any atom is 0.0807 e. The average Bonchev–Trinajstić information content (AvgIpc) is 2.39. The second-order valence-corrected chi connectivity index (χ2v) is 4.51. The molecule has 0 aliphatic carbocycles. The molecule has 18 heavy (non-hydrogen) atoms. The first-order chi connectivity index (χ1) is 8.70. The van der Waals surface area contributed by atoms with Crippen molar-refractivity contribution in [2.24, 2.45) is 5.73 Å². The molecule has 3 nitrogen and oxygen atoms in total. The standard InChI is InChI=1S/C15H19N3/c1-11-6-7-13(12(2)9-11)18-15(10-16)14-5-3-4-8-17-14/h3-9,15,18H,10,16H2,1-2H3. The number of aromatic nitrogens is 1. The van der Waals surface area contributed by atoms with Gasteiger partial charge in [0.05, 0.1) is 11.7 Å². The van der Waals surface area contributed by atoms with Gasteiger partial charge in [0.1, 0.15) is 0 Å². The smallest absolute Gasteiger partial charge is 0.0807 e. The van der Waals surface area contributed by atoms with Crippen molar-refractivity contribution in [2.75, 3.05) is 11.9 Å². The van der Waals surface area contributed by atoms with E-state index in [1.807, 2.05) is 18.2 Å². The number of anilines is 1. The highest BCUT2D eigenvalue weighted by Crippen LogP contribution is 2.21. The zero-order chi connectivity index (χ0) is 13.0. The van der Waals surface area contributed by atoms with Crippen LogP contribution in [0.2, 0.25) is 0 Å². The van der Waals surface area contributed by atoms with Gasteiger partial charge in [0.2, 0.25) is 0 Å². The highest BCUT2D eigenvalue weighted by atomic mass is 15.0. The summed E-state index contributed by atoms with van der Waals surface area (Å²) in [6.07, 6.45) is 1.79. The lowest BCUT2D eigenvalue weighted by molar-refractivity contribution is 0.759. The Bertz CT molecular complexity index is 508. The Hall–Kier alpha value is -1.87. The van der Waals surface area contributed by atoms with Crippen molar-refractivity contribution < 1.29 is 0 Å². The van der Waals surface area contributed by atoms with Crippen molar-refractivity contribution in [1.82, 2.24) is 4.98 Å². The number of aryl methyl sites for hydroxylation is 2. The molecule has 0 spiro atoms. The Kier molecular flexibility index (Phi) is 3.95. The minimum Gasteiger partial charge on any atom is -0.375 e. The first-order valence-electron chi connectivity index (χ1n) is 6.15. The lowest BCUT2D eigenvalue weighted by Gasteiger charge is -2.19. The topological polar surface area (TPSA) is 50.9 Å². The molecular formula is C15H19N3. The van der Waals surface area contributed by atoms with Gasteiger partial charge >= 0.3 is 0 Å². The second kappa shape index (κ2) is 5.65. The van der Waals surface area contributed by atoms with Gasteiger partial charge in [-0.1, -0.05) is 23.8 Å². The molecule has 2 rings (SSSR count). The van der Waals surface area contributed by atoms with Gasteiger partial charge < -0.3 is 11.1 Å². The van der Waals surface area contributed by atoms with Crippen LogP contribution >= 0.6 is 0 Å². The largest absolute Gasteiger partial charge is 0.375 e. The maximum atomic E-state index is 5.83. The van der Waals surface area contributed by atoms with Gasteiger partial charge in [-0.25, -0.2) is 0 Å². The molecule has 0 saturated heterocycles. The summed E-state index contributed by atoms with van der Waals surface area (Å²) < 4.78 is 0. The van der Waals surface area contributed by atoms with Crippen LogP contribution in [-0.2, 0) is 0 Å². The number of hydrogen-bond donors (Lipinski definition) is 2. The average molecular weight is 241 g/mol. The Labute approximate surface area is 108 Å².